The molecule has 112 valence electrons. The number of nitrogens with one attached hydrogen (secondary N) is 1. The molecule has 4 nitrogen and oxygen atoms in total. The molecule has 0 bridgehead atoms. The van der Waals surface area contributed by atoms with Gasteiger partial charge in [0, 0.05) is 0 Å². The van der Waals surface area contributed by atoms with Crippen molar-refractivity contribution in [3.8, 4) is 0 Å². The summed E-state index contributed by atoms with van der Waals surface area (Å²) in [5, 5.41) is 12.5. The lowest BCUT2D eigenvalue weighted by atomic mass is 9.99. The lowest BCUT2D eigenvalue weighted by Gasteiger charge is -2.17. The average molecular weight is 278 g/mol. The molecule has 0 aliphatic carbocycles. The van der Waals surface area contributed by atoms with Gasteiger partial charge in [-0.3, -0.25) is 4.79 Å². The zero-order valence-electron chi connectivity index (χ0n) is 12.9. The number of benzene rings is 1. The van der Waals surface area contributed by atoms with Crippen LogP contribution >= 0.6 is 0 Å². The molecule has 1 aromatic rings. The highest BCUT2D eigenvalue weighted by Gasteiger charge is 2.18. The second-order valence-corrected chi connectivity index (χ2v) is 5.70. The summed E-state index contributed by atoms with van der Waals surface area (Å²) in [4.78, 5) is 13.5. The highest BCUT2D eigenvalue weighted by atomic mass is 16.4. The van der Waals surface area contributed by atoms with Crippen LogP contribution in [0.3, 0.4) is 0 Å². The summed E-state index contributed by atoms with van der Waals surface area (Å²) >= 11 is 0. The van der Waals surface area contributed by atoms with E-state index in [0.29, 0.717) is 12.5 Å². The fourth-order valence-corrected chi connectivity index (χ4v) is 2.06. The maximum atomic E-state index is 11.4. The highest BCUT2D eigenvalue weighted by molar-refractivity contribution is 5.75. The molecule has 1 atom stereocenters. The van der Waals surface area contributed by atoms with Crippen molar-refractivity contribution >= 4 is 5.97 Å². The number of hydrogen-bond acceptors (Lipinski definition) is 3. The molecule has 0 saturated heterocycles. The molecule has 0 fully saturated rings. The van der Waals surface area contributed by atoms with Crippen molar-refractivity contribution in [3.05, 3.63) is 35.4 Å². The Morgan fingerprint density at radius 3 is 2.20 bits per heavy atom. The number of hydrogen-bond donors (Lipinski definition) is 2. The van der Waals surface area contributed by atoms with Crippen molar-refractivity contribution < 1.29 is 9.90 Å². The molecule has 20 heavy (non-hydrogen) atoms. The number of carboxylic acids is 1. The van der Waals surface area contributed by atoms with E-state index in [9.17, 15) is 9.90 Å². The standard InChI is InChI=1S/C16H26N2O2/c1-12(2)13-6-8-14(9-7-13)15(16(19)20)17-10-5-11-18(3)4/h6-9,12,15,17H,5,10-11H2,1-4H3,(H,19,20). The van der Waals surface area contributed by atoms with E-state index in [1.165, 1.54) is 5.56 Å². The second kappa shape index (κ2) is 8.02. The monoisotopic (exact) mass is 278 g/mol. The molecule has 2 N–H and O–H groups in total. The minimum absolute atomic E-state index is 0.459. The molecule has 0 spiro atoms. The van der Waals surface area contributed by atoms with E-state index < -0.39 is 12.0 Å². The Balaban J connectivity index is 2.63. The van der Waals surface area contributed by atoms with Gasteiger partial charge in [0.15, 0.2) is 0 Å². The fraction of sp³-hybridized carbons (Fsp3) is 0.562. The third-order valence-corrected chi connectivity index (χ3v) is 3.31. The zero-order chi connectivity index (χ0) is 15.1. The lowest BCUT2D eigenvalue weighted by Crippen LogP contribution is -2.30. The van der Waals surface area contributed by atoms with E-state index in [1.54, 1.807) is 0 Å². The summed E-state index contributed by atoms with van der Waals surface area (Å²) < 4.78 is 0. The molecule has 0 radical (unpaired) electrons. The van der Waals surface area contributed by atoms with Crippen molar-refractivity contribution in [1.29, 1.82) is 0 Å². The van der Waals surface area contributed by atoms with Crippen LogP contribution in [-0.4, -0.2) is 43.2 Å². The van der Waals surface area contributed by atoms with Gasteiger partial charge >= 0.3 is 5.97 Å². The largest absolute Gasteiger partial charge is 0.480 e. The van der Waals surface area contributed by atoms with Gasteiger partial charge in [-0.2, -0.15) is 0 Å². The molecule has 0 aliphatic heterocycles. The molecular formula is C16H26N2O2. The van der Waals surface area contributed by atoms with Crippen LogP contribution in [0.25, 0.3) is 0 Å². The van der Waals surface area contributed by atoms with Crippen molar-refractivity contribution in [2.45, 2.75) is 32.2 Å². The maximum Gasteiger partial charge on any atom is 0.325 e. The molecule has 0 aromatic heterocycles. The van der Waals surface area contributed by atoms with Crippen LogP contribution in [0.4, 0.5) is 0 Å². The molecule has 4 heteroatoms. The molecule has 0 amide bonds. The molecular weight excluding hydrogens is 252 g/mol. The van der Waals surface area contributed by atoms with E-state index in [2.05, 4.69) is 24.1 Å². The van der Waals surface area contributed by atoms with Crippen LogP contribution in [0.2, 0.25) is 0 Å². The van der Waals surface area contributed by atoms with E-state index in [0.717, 1.165) is 18.5 Å². The minimum atomic E-state index is -0.827. The van der Waals surface area contributed by atoms with Crippen LogP contribution in [0.1, 0.15) is 43.4 Å². The minimum Gasteiger partial charge on any atom is -0.480 e. The lowest BCUT2D eigenvalue weighted by molar-refractivity contribution is -0.139. The quantitative estimate of drug-likeness (QED) is 0.717. The zero-order valence-corrected chi connectivity index (χ0v) is 12.9. The van der Waals surface area contributed by atoms with E-state index >= 15 is 0 Å². The molecule has 1 unspecified atom stereocenters. The third kappa shape index (κ3) is 5.31. The summed E-state index contributed by atoms with van der Waals surface area (Å²) in [7, 11) is 4.03. The van der Waals surface area contributed by atoms with Gasteiger partial charge in [-0.1, -0.05) is 38.1 Å². The first-order valence-corrected chi connectivity index (χ1v) is 7.12. The molecule has 1 aromatic carbocycles. The predicted molar refractivity (Wildman–Crippen MR) is 82.1 cm³/mol. The third-order valence-electron chi connectivity index (χ3n) is 3.31. The van der Waals surface area contributed by atoms with E-state index in [1.807, 2.05) is 38.4 Å². The van der Waals surface area contributed by atoms with Gasteiger partial charge in [-0.25, -0.2) is 0 Å². The molecule has 1 rings (SSSR count). The first kappa shape index (κ1) is 16.7. The van der Waals surface area contributed by atoms with E-state index in [4.69, 9.17) is 0 Å². The molecule has 0 aliphatic rings. The van der Waals surface area contributed by atoms with Gasteiger partial charge in [-0.15, -0.1) is 0 Å². The van der Waals surface area contributed by atoms with Crippen molar-refractivity contribution in [3.63, 3.8) is 0 Å². The Kier molecular flexibility index (Phi) is 6.68. The highest BCUT2D eigenvalue weighted by Crippen LogP contribution is 2.19. The topological polar surface area (TPSA) is 52.6 Å². The Bertz CT molecular complexity index is 413. The van der Waals surface area contributed by atoms with Crippen molar-refractivity contribution in [2.24, 2.45) is 0 Å². The number of rotatable bonds is 8. The predicted octanol–water partition coefficient (Wildman–Crippen LogP) is 2.48. The molecule has 0 heterocycles. The number of carbonyl (C=O) groups is 1. The number of nitrogens with zero attached hydrogens (tertiary/aromatic N) is 1. The van der Waals surface area contributed by atoms with Crippen molar-refractivity contribution in [1.82, 2.24) is 10.2 Å². The Morgan fingerprint density at radius 2 is 1.75 bits per heavy atom. The smallest absolute Gasteiger partial charge is 0.325 e. The molecule has 0 saturated carbocycles. The maximum absolute atomic E-state index is 11.4. The average Bonchev–Trinajstić information content (AvgIpc) is 2.38. The Morgan fingerprint density at radius 1 is 1.20 bits per heavy atom. The fourth-order valence-electron chi connectivity index (χ4n) is 2.06. The Labute approximate surface area is 121 Å². The summed E-state index contributed by atoms with van der Waals surface area (Å²) in [6, 6.07) is 7.22. The summed E-state index contributed by atoms with van der Waals surface area (Å²) in [5.41, 5.74) is 2.04. The Hall–Kier alpha value is -1.39. The van der Waals surface area contributed by atoms with Gasteiger partial charge in [0.05, 0.1) is 0 Å². The summed E-state index contributed by atoms with van der Waals surface area (Å²) in [6.07, 6.45) is 0.931. The number of carboxylic acid groups (broad SMARTS) is 1. The van der Waals surface area contributed by atoms with Crippen molar-refractivity contribution in [2.75, 3.05) is 27.2 Å². The SMILES string of the molecule is CC(C)c1ccc(C(NCCCN(C)C)C(=O)O)cc1. The number of aliphatic carboxylic acids is 1. The normalized spacial score (nSPS) is 12.9. The van der Waals surface area contributed by atoms with Crippen LogP contribution in [0, 0.1) is 0 Å². The van der Waals surface area contributed by atoms with Gasteiger partial charge in [0.2, 0.25) is 0 Å². The van der Waals surface area contributed by atoms with Crippen LogP contribution < -0.4 is 5.32 Å². The summed E-state index contributed by atoms with van der Waals surface area (Å²) in [5.74, 6) is -0.368. The van der Waals surface area contributed by atoms with Gasteiger partial charge in [-0.05, 0) is 50.7 Å². The van der Waals surface area contributed by atoms with Crippen LogP contribution in [0.15, 0.2) is 24.3 Å². The van der Waals surface area contributed by atoms with Gasteiger partial charge in [0.1, 0.15) is 6.04 Å². The van der Waals surface area contributed by atoms with E-state index in [-0.39, 0.29) is 0 Å². The van der Waals surface area contributed by atoms with Gasteiger partial charge < -0.3 is 15.3 Å². The van der Waals surface area contributed by atoms with Crippen LogP contribution in [-0.2, 0) is 4.79 Å². The first-order valence-electron chi connectivity index (χ1n) is 7.12. The second-order valence-electron chi connectivity index (χ2n) is 5.70. The first-order chi connectivity index (χ1) is 9.41. The summed E-state index contributed by atoms with van der Waals surface area (Å²) in [6.45, 7) is 5.90. The van der Waals surface area contributed by atoms with Crippen LogP contribution in [0.5, 0.6) is 0 Å². The van der Waals surface area contributed by atoms with Gasteiger partial charge in [0.25, 0.3) is 0 Å².